The minimum atomic E-state index is -0.260. The van der Waals surface area contributed by atoms with Crippen LogP contribution in [0.2, 0.25) is 0 Å². The van der Waals surface area contributed by atoms with Crippen molar-refractivity contribution in [1.82, 2.24) is 0 Å². The zero-order valence-electron chi connectivity index (χ0n) is 11.9. The number of rotatable bonds is 7. The molecule has 3 heteroatoms. The Balaban J connectivity index is 1.92. The first-order valence-corrected chi connectivity index (χ1v) is 6.83. The van der Waals surface area contributed by atoms with Gasteiger partial charge in [-0.2, -0.15) is 0 Å². The van der Waals surface area contributed by atoms with Gasteiger partial charge in [0.05, 0.1) is 0 Å². The van der Waals surface area contributed by atoms with E-state index >= 15 is 0 Å². The van der Waals surface area contributed by atoms with Crippen molar-refractivity contribution in [2.24, 2.45) is 0 Å². The number of hydrogen-bond acceptors (Lipinski definition) is 3. The quantitative estimate of drug-likeness (QED) is 0.712. The SMILES string of the molecule is CCOC(C)Oc1cccc(OCc2ccccc2)c1. The smallest absolute Gasteiger partial charge is 0.196 e. The molecule has 0 amide bonds. The summed E-state index contributed by atoms with van der Waals surface area (Å²) in [6, 6.07) is 17.7. The highest BCUT2D eigenvalue weighted by Gasteiger charge is 2.04. The van der Waals surface area contributed by atoms with E-state index in [1.165, 1.54) is 0 Å². The van der Waals surface area contributed by atoms with Gasteiger partial charge in [0.25, 0.3) is 0 Å². The van der Waals surface area contributed by atoms with Crippen LogP contribution in [-0.4, -0.2) is 12.9 Å². The highest BCUT2D eigenvalue weighted by Crippen LogP contribution is 2.21. The molecule has 0 spiro atoms. The molecule has 0 fully saturated rings. The summed E-state index contributed by atoms with van der Waals surface area (Å²) < 4.78 is 16.8. The molecular weight excluding hydrogens is 252 g/mol. The molecule has 106 valence electrons. The van der Waals surface area contributed by atoms with Crippen molar-refractivity contribution >= 4 is 0 Å². The lowest BCUT2D eigenvalue weighted by molar-refractivity contribution is -0.0614. The van der Waals surface area contributed by atoms with E-state index in [0.717, 1.165) is 17.1 Å². The predicted octanol–water partition coefficient (Wildman–Crippen LogP) is 4.03. The van der Waals surface area contributed by atoms with E-state index in [2.05, 4.69) is 0 Å². The summed E-state index contributed by atoms with van der Waals surface area (Å²) in [5.74, 6) is 1.53. The summed E-state index contributed by atoms with van der Waals surface area (Å²) >= 11 is 0. The molecule has 2 aromatic carbocycles. The molecule has 0 saturated heterocycles. The van der Waals surface area contributed by atoms with E-state index in [1.54, 1.807) is 0 Å². The van der Waals surface area contributed by atoms with Crippen LogP contribution in [0.25, 0.3) is 0 Å². The van der Waals surface area contributed by atoms with Crippen molar-refractivity contribution < 1.29 is 14.2 Å². The highest BCUT2D eigenvalue weighted by atomic mass is 16.7. The van der Waals surface area contributed by atoms with Gasteiger partial charge in [0.15, 0.2) is 6.29 Å². The van der Waals surface area contributed by atoms with Crippen LogP contribution < -0.4 is 9.47 Å². The highest BCUT2D eigenvalue weighted by molar-refractivity contribution is 5.33. The Morgan fingerprint density at radius 1 is 0.950 bits per heavy atom. The van der Waals surface area contributed by atoms with Gasteiger partial charge in [0.2, 0.25) is 0 Å². The Bertz CT molecular complexity index is 511. The summed E-state index contributed by atoms with van der Waals surface area (Å²) in [5.41, 5.74) is 1.14. The zero-order chi connectivity index (χ0) is 14.2. The van der Waals surface area contributed by atoms with Crippen LogP contribution in [0.5, 0.6) is 11.5 Å². The Morgan fingerprint density at radius 3 is 2.45 bits per heavy atom. The second-order valence-corrected chi connectivity index (χ2v) is 4.39. The second kappa shape index (κ2) is 7.56. The van der Waals surface area contributed by atoms with E-state index in [4.69, 9.17) is 14.2 Å². The Hall–Kier alpha value is -2.00. The lowest BCUT2D eigenvalue weighted by Gasteiger charge is -2.15. The standard InChI is InChI=1S/C17H20O3/c1-3-18-14(2)20-17-11-7-10-16(12-17)19-13-15-8-5-4-6-9-15/h4-12,14H,3,13H2,1-2H3. The van der Waals surface area contributed by atoms with Gasteiger partial charge in [-0.15, -0.1) is 0 Å². The maximum Gasteiger partial charge on any atom is 0.196 e. The molecule has 20 heavy (non-hydrogen) atoms. The summed E-state index contributed by atoms with van der Waals surface area (Å²) in [6.45, 7) is 5.00. The monoisotopic (exact) mass is 272 g/mol. The molecule has 3 nitrogen and oxygen atoms in total. The van der Waals surface area contributed by atoms with E-state index in [-0.39, 0.29) is 6.29 Å². The molecule has 0 bridgehead atoms. The molecular formula is C17H20O3. The van der Waals surface area contributed by atoms with Crippen molar-refractivity contribution in [3.8, 4) is 11.5 Å². The molecule has 2 rings (SSSR count). The van der Waals surface area contributed by atoms with E-state index in [0.29, 0.717) is 13.2 Å². The van der Waals surface area contributed by atoms with E-state index in [9.17, 15) is 0 Å². The first-order valence-electron chi connectivity index (χ1n) is 6.83. The van der Waals surface area contributed by atoms with Gasteiger partial charge >= 0.3 is 0 Å². The molecule has 0 aliphatic rings. The molecule has 1 unspecified atom stereocenters. The average molecular weight is 272 g/mol. The molecule has 0 aliphatic heterocycles. The van der Waals surface area contributed by atoms with Crippen LogP contribution in [-0.2, 0) is 11.3 Å². The first kappa shape index (κ1) is 14.4. The molecule has 0 aromatic heterocycles. The topological polar surface area (TPSA) is 27.7 Å². The first-order chi connectivity index (χ1) is 9.78. The third-order valence-electron chi connectivity index (χ3n) is 2.76. The Kier molecular flexibility index (Phi) is 5.44. The van der Waals surface area contributed by atoms with Gasteiger partial charge in [0.1, 0.15) is 18.1 Å². The van der Waals surface area contributed by atoms with Crippen molar-refractivity contribution in [1.29, 1.82) is 0 Å². The van der Waals surface area contributed by atoms with Gasteiger partial charge < -0.3 is 14.2 Å². The van der Waals surface area contributed by atoms with Crippen LogP contribution in [0.15, 0.2) is 54.6 Å². The van der Waals surface area contributed by atoms with Crippen molar-refractivity contribution in [2.75, 3.05) is 6.61 Å². The van der Waals surface area contributed by atoms with Crippen LogP contribution in [0.1, 0.15) is 19.4 Å². The lowest BCUT2D eigenvalue weighted by atomic mass is 10.2. The Labute approximate surface area is 120 Å². The summed E-state index contributed by atoms with van der Waals surface area (Å²) in [4.78, 5) is 0. The van der Waals surface area contributed by atoms with Crippen molar-refractivity contribution in [3.05, 3.63) is 60.2 Å². The molecule has 0 radical (unpaired) electrons. The average Bonchev–Trinajstić information content (AvgIpc) is 2.47. The molecule has 1 atom stereocenters. The molecule has 0 aliphatic carbocycles. The van der Waals surface area contributed by atoms with Crippen molar-refractivity contribution in [2.45, 2.75) is 26.7 Å². The maximum absolute atomic E-state index is 5.75. The van der Waals surface area contributed by atoms with E-state index < -0.39 is 0 Å². The minimum Gasteiger partial charge on any atom is -0.489 e. The third kappa shape index (κ3) is 4.59. The molecule has 2 aromatic rings. The number of benzene rings is 2. The summed E-state index contributed by atoms with van der Waals surface area (Å²) in [6.07, 6.45) is -0.260. The van der Waals surface area contributed by atoms with Crippen molar-refractivity contribution in [3.63, 3.8) is 0 Å². The van der Waals surface area contributed by atoms with Crippen LogP contribution in [0.4, 0.5) is 0 Å². The Morgan fingerprint density at radius 2 is 1.70 bits per heavy atom. The molecule has 0 heterocycles. The van der Waals surface area contributed by atoms with Crippen LogP contribution in [0.3, 0.4) is 0 Å². The zero-order valence-corrected chi connectivity index (χ0v) is 11.9. The fourth-order valence-corrected chi connectivity index (χ4v) is 1.84. The van der Waals surface area contributed by atoms with Gasteiger partial charge in [-0.25, -0.2) is 0 Å². The van der Waals surface area contributed by atoms with E-state index in [1.807, 2.05) is 68.4 Å². The maximum atomic E-state index is 5.75. The fraction of sp³-hybridized carbons (Fsp3) is 0.294. The largest absolute Gasteiger partial charge is 0.489 e. The van der Waals surface area contributed by atoms with Crippen LogP contribution in [0, 0.1) is 0 Å². The van der Waals surface area contributed by atoms with Crippen LogP contribution >= 0.6 is 0 Å². The van der Waals surface area contributed by atoms with Gasteiger partial charge in [-0.1, -0.05) is 36.4 Å². The molecule has 0 saturated carbocycles. The fourth-order valence-electron chi connectivity index (χ4n) is 1.84. The second-order valence-electron chi connectivity index (χ2n) is 4.39. The third-order valence-corrected chi connectivity index (χ3v) is 2.76. The normalized spacial score (nSPS) is 11.9. The lowest BCUT2D eigenvalue weighted by Crippen LogP contribution is -2.15. The minimum absolute atomic E-state index is 0.260. The number of hydrogen-bond donors (Lipinski definition) is 0. The summed E-state index contributed by atoms with van der Waals surface area (Å²) in [7, 11) is 0. The van der Waals surface area contributed by atoms with Gasteiger partial charge in [-0.05, 0) is 31.5 Å². The molecule has 0 N–H and O–H groups in total. The van der Waals surface area contributed by atoms with Gasteiger partial charge in [-0.3, -0.25) is 0 Å². The predicted molar refractivity (Wildman–Crippen MR) is 78.9 cm³/mol. The summed E-state index contributed by atoms with van der Waals surface area (Å²) in [5, 5.41) is 0. The van der Waals surface area contributed by atoms with Gasteiger partial charge in [0, 0.05) is 12.7 Å². The number of ether oxygens (including phenoxy) is 3.